The van der Waals surface area contributed by atoms with E-state index in [1.807, 2.05) is 37.5 Å². The highest BCUT2D eigenvalue weighted by Crippen LogP contribution is 2.35. The minimum atomic E-state index is -0.421. The van der Waals surface area contributed by atoms with Crippen molar-refractivity contribution in [3.63, 3.8) is 0 Å². The van der Waals surface area contributed by atoms with Crippen molar-refractivity contribution in [1.82, 2.24) is 20.2 Å². The van der Waals surface area contributed by atoms with Crippen LogP contribution in [0.1, 0.15) is 43.1 Å². The largest absolute Gasteiger partial charge is 0.356 e. The van der Waals surface area contributed by atoms with E-state index in [1.54, 1.807) is 0 Å². The zero-order valence-corrected chi connectivity index (χ0v) is 19.8. The number of nitrogens with one attached hydrogen (secondary N) is 1. The molecule has 0 aliphatic carbocycles. The van der Waals surface area contributed by atoms with E-state index in [2.05, 4.69) is 63.5 Å². The molecule has 0 radical (unpaired) electrons. The number of carbonyl (C=O) groups excluding carboxylic acids is 1. The maximum atomic E-state index is 13.5. The van der Waals surface area contributed by atoms with Crippen molar-refractivity contribution >= 4 is 5.91 Å². The molecule has 1 aliphatic rings. The highest BCUT2D eigenvalue weighted by atomic mass is 16.2. The molecule has 172 valence electrons. The maximum absolute atomic E-state index is 13.5. The van der Waals surface area contributed by atoms with Crippen molar-refractivity contribution in [2.45, 2.75) is 46.1 Å². The van der Waals surface area contributed by atoms with E-state index in [1.165, 1.54) is 11.1 Å². The number of piperidine rings is 1. The average Bonchev–Trinajstić information content (AvgIpc) is 2.84. The third-order valence-corrected chi connectivity index (χ3v) is 6.51. The molecular formula is C28H34N4O. The monoisotopic (exact) mass is 442 g/mol. The number of pyridine rings is 2. The topological polar surface area (TPSA) is 58.1 Å². The van der Waals surface area contributed by atoms with Crippen molar-refractivity contribution in [3.8, 4) is 11.1 Å². The Bertz CT molecular complexity index is 1050. The molecule has 2 aromatic heterocycles. The molecule has 1 aliphatic heterocycles. The van der Waals surface area contributed by atoms with Crippen molar-refractivity contribution in [3.05, 3.63) is 83.9 Å². The summed E-state index contributed by atoms with van der Waals surface area (Å²) in [6, 6.07) is 18.9. The molecule has 33 heavy (non-hydrogen) atoms. The molecule has 1 atom stereocenters. The van der Waals surface area contributed by atoms with Crippen LogP contribution in [0.15, 0.2) is 67.0 Å². The Kier molecular flexibility index (Phi) is 7.50. The Balaban J connectivity index is 1.54. The molecule has 5 heteroatoms. The molecule has 1 N–H and O–H groups in total. The Morgan fingerprint density at radius 1 is 1.06 bits per heavy atom. The lowest BCUT2D eigenvalue weighted by Gasteiger charge is -2.42. The van der Waals surface area contributed by atoms with E-state index in [-0.39, 0.29) is 5.91 Å². The van der Waals surface area contributed by atoms with Crippen LogP contribution in [0.25, 0.3) is 11.1 Å². The third kappa shape index (κ3) is 5.85. The Morgan fingerprint density at radius 2 is 1.82 bits per heavy atom. The number of nitrogens with zero attached hydrogens (tertiary/aromatic N) is 3. The summed E-state index contributed by atoms with van der Waals surface area (Å²) in [5.74, 6) is 0.185. The van der Waals surface area contributed by atoms with Gasteiger partial charge in [-0.15, -0.1) is 0 Å². The third-order valence-electron chi connectivity index (χ3n) is 6.51. The van der Waals surface area contributed by atoms with Crippen molar-refractivity contribution in [1.29, 1.82) is 0 Å². The molecule has 0 bridgehead atoms. The second kappa shape index (κ2) is 10.7. The number of carbonyl (C=O) groups is 1. The van der Waals surface area contributed by atoms with Gasteiger partial charge in [-0.1, -0.05) is 37.3 Å². The second-order valence-electron chi connectivity index (χ2n) is 9.23. The van der Waals surface area contributed by atoms with Gasteiger partial charge in [-0.2, -0.15) is 0 Å². The molecule has 4 rings (SSSR count). The van der Waals surface area contributed by atoms with Gasteiger partial charge in [0.05, 0.1) is 11.1 Å². The van der Waals surface area contributed by atoms with Crippen molar-refractivity contribution in [2.75, 3.05) is 19.6 Å². The summed E-state index contributed by atoms with van der Waals surface area (Å²) in [7, 11) is 0. The van der Waals surface area contributed by atoms with E-state index in [0.717, 1.165) is 68.8 Å². The summed E-state index contributed by atoms with van der Waals surface area (Å²) in [5, 5.41) is 3.21. The van der Waals surface area contributed by atoms with Crippen molar-refractivity contribution in [2.24, 2.45) is 5.41 Å². The van der Waals surface area contributed by atoms with Crippen LogP contribution < -0.4 is 5.32 Å². The highest BCUT2D eigenvalue weighted by molar-refractivity contribution is 5.83. The highest BCUT2D eigenvalue weighted by Gasteiger charge is 2.42. The lowest BCUT2D eigenvalue weighted by molar-refractivity contribution is -0.134. The van der Waals surface area contributed by atoms with Crippen LogP contribution in [0, 0.1) is 12.3 Å². The standard InChI is InChI=1S/C28H34N4O/c1-3-15-30-27(33)28(14-5-18-32(21-28)20-26-7-4-6-22(2)31-26)19-23-8-10-24(11-9-23)25-12-16-29-17-13-25/h4,6-13,16-17H,3,5,14-15,18-21H2,1-2H3,(H,30,33). The van der Waals surface area contributed by atoms with E-state index in [9.17, 15) is 4.79 Å². The molecule has 3 heterocycles. The van der Waals surface area contributed by atoms with Gasteiger partial charge in [-0.3, -0.25) is 19.7 Å². The van der Waals surface area contributed by atoms with Crippen LogP contribution in [0.3, 0.4) is 0 Å². The molecule has 1 saturated heterocycles. The average molecular weight is 443 g/mol. The van der Waals surface area contributed by atoms with Gasteiger partial charge in [0.25, 0.3) is 0 Å². The summed E-state index contributed by atoms with van der Waals surface area (Å²) in [4.78, 5) is 24.7. The second-order valence-corrected chi connectivity index (χ2v) is 9.23. The van der Waals surface area contributed by atoms with Gasteiger partial charge in [0.1, 0.15) is 0 Å². The van der Waals surface area contributed by atoms with E-state index in [0.29, 0.717) is 0 Å². The van der Waals surface area contributed by atoms with Crippen LogP contribution in [0.2, 0.25) is 0 Å². The SMILES string of the molecule is CCCNC(=O)C1(Cc2ccc(-c3ccncc3)cc2)CCCN(Cc2cccc(C)n2)C1. The van der Waals surface area contributed by atoms with Gasteiger partial charge < -0.3 is 5.32 Å². The predicted molar refractivity (Wildman–Crippen MR) is 133 cm³/mol. The normalized spacial score (nSPS) is 18.7. The predicted octanol–water partition coefficient (Wildman–Crippen LogP) is 4.80. The van der Waals surface area contributed by atoms with E-state index in [4.69, 9.17) is 0 Å². The fourth-order valence-electron chi connectivity index (χ4n) is 4.86. The fraction of sp³-hybridized carbons (Fsp3) is 0.393. The summed E-state index contributed by atoms with van der Waals surface area (Å²) >= 11 is 0. The van der Waals surface area contributed by atoms with Crippen LogP contribution in [0.5, 0.6) is 0 Å². The summed E-state index contributed by atoms with van der Waals surface area (Å²) < 4.78 is 0. The van der Waals surface area contributed by atoms with Crippen LogP contribution >= 0.6 is 0 Å². The number of hydrogen-bond acceptors (Lipinski definition) is 4. The smallest absolute Gasteiger partial charge is 0.227 e. The Morgan fingerprint density at radius 3 is 2.55 bits per heavy atom. The maximum Gasteiger partial charge on any atom is 0.227 e. The number of aryl methyl sites for hydroxylation is 1. The summed E-state index contributed by atoms with van der Waals surface area (Å²) in [6.07, 6.45) is 7.25. The van der Waals surface area contributed by atoms with Crippen LogP contribution in [-0.2, 0) is 17.8 Å². The van der Waals surface area contributed by atoms with Gasteiger partial charge in [0.2, 0.25) is 5.91 Å². The van der Waals surface area contributed by atoms with E-state index >= 15 is 0 Å². The van der Waals surface area contributed by atoms with Gasteiger partial charge in [-0.05, 0) is 80.1 Å². The number of hydrogen-bond donors (Lipinski definition) is 1. The van der Waals surface area contributed by atoms with Crippen LogP contribution in [0.4, 0.5) is 0 Å². The quantitative estimate of drug-likeness (QED) is 0.544. The molecular weight excluding hydrogens is 408 g/mol. The van der Waals surface area contributed by atoms with Gasteiger partial charge in [0.15, 0.2) is 0 Å². The van der Waals surface area contributed by atoms with E-state index < -0.39 is 5.41 Å². The fourth-order valence-corrected chi connectivity index (χ4v) is 4.86. The summed E-state index contributed by atoms with van der Waals surface area (Å²) in [6.45, 7) is 7.38. The molecule has 1 fully saturated rings. The molecule has 0 saturated carbocycles. The van der Waals surface area contributed by atoms with Gasteiger partial charge in [-0.25, -0.2) is 0 Å². The number of amides is 1. The first-order valence-corrected chi connectivity index (χ1v) is 12.0. The number of likely N-dealkylation sites (tertiary alicyclic amines) is 1. The molecule has 1 aromatic carbocycles. The Hall–Kier alpha value is -3.05. The number of benzene rings is 1. The lowest BCUT2D eigenvalue weighted by atomic mass is 9.74. The first kappa shape index (κ1) is 23.1. The van der Waals surface area contributed by atoms with Gasteiger partial charge in [0, 0.05) is 37.7 Å². The molecule has 1 amide bonds. The minimum Gasteiger partial charge on any atom is -0.356 e. The first-order valence-electron chi connectivity index (χ1n) is 12.0. The van der Waals surface area contributed by atoms with Crippen molar-refractivity contribution < 1.29 is 4.79 Å². The van der Waals surface area contributed by atoms with Crippen LogP contribution in [-0.4, -0.2) is 40.4 Å². The minimum absolute atomic E-state index is 0.185. The molecule has 1 unspecified atom stereocenters. The summed E-state index contributed by atoms with van der Waals surface area (Å²) in [5.41, 5.74) is 5.21. The van der Waals surface area contributed by atoms with Gasteiger partial charge >= 0.3 is 0 Å². The number of aromatic nitrogens is 2. The lowest BCUT2D eigenvalue weighted by Crippen LogP contribution is -2.53. The molecule has 0 spiro atoms. The first-order chi connectivity index (χ1) is 16.1. The zero-order chi connectivity index (χ0) is 23.1. The number of rotatable bonds is 8. The molecule has 5 nitrogen and oxygen atoms in total. The molecule has 3 aromatic rings. The zero-order valence-electron chi connectivity index (χ0n) is 19.8. The Labute approximate surface area is 197 Å².